The maximum atomic E-state index is 12.1. The zero-order valence-electron chi connectivity index (χ0n) is 16.2. The molecule has 2 aromatic carbocycles. The molecule has 1 heterocycles. The Morgan fingerprint density at radius 1 is 1.07 bits per heavy atom. The number of carbonyl (C=O) groups is 2. The molecule has 0 fully saturated rings. The quantitative estimate of drug-likeness (QED) is 0.574. The van der Waals surface area contributed by atoms with Gasteiger partial charge in [0.2, 0.25) is 0 Å². The van der Waals surface area contributed by atoms with Gasteiger partial charge in [-0.2, -0.15) is 0 Å². The van der Waals surface area contributed by atoms with Crippen LogP contribution in [0.2, 0.25) is 0 Å². The fraction of sp³-hybridized carbons (Fsp3) is 0.150. The molecule has 0 radical (unpaired) electrons. The Morgan fingerprint density at radius 2 is 1.70 bits per heavy atom. The van der Waals surface area contributed by atoms with E-state index >= 15 is 0 Å². The molecule has 0 bridgehead atoms. The van der Waals surface area contributed by atoms with E-state index in [1.807, 2.05) is 0 Å². The van der Waals surface area contributed by atoms with Crippen molar-refractivity contribution in [1.82, 2.24) is 9.55 Å². The van der Waals surface area contributed by atoms with Gasteiger partial charge in [0.1, 0.15) is 0 Å². The molecule has 156 valence electrons. The van der Waals surface area contributed by atoms with E-state index in [0.717, 1.165) is 11.9 Å². The number of imidazole rings is 1. The van der Waals surface area contributed by atoms with Crippen LogP contribution in [0.4, 0.5) is 5.69 Å². The van der Waals surface area contributed by atoms with E-state index in [9.17, 15) is 22.8 Å². The lowest BCUT2D eigenvalue weighted by atomic mass is 10.2. The molecule has 0 unspecified atom stereocenters. The van der Waals surface area contributed by atoms with Crippen molar-refractivity contribution in [3.05, 3.63) is 76.5 Å². The largest absolute Gasteiger partial charge is 0.452 e. The smallest absolute Gasteiger partial charge is 0.338 e. The summed E-state index contributed by atoms with van der Waals surface area (Å²) in [5, 5.41) is 2.52. The molecule has 9 nitrogen and oxygen atoms in total. The predicted molar refractivity (Wildman–Crippen MR) is 110 cm³/mol. The number of aryl methyl sites for hydroxylation is 1. The summed E-state index contributed by atoms with van der Waals surface area (Å²) < 4.78 is 29.3. The van der Waals surface area contributed by atoms with Gasteiger partial charge in [0, 0.05) is 23.8 Å². The molecule has 30 heavy (non-hydrogen) atoms. The second kappa shape index (κ2) is 8.37. The van der Waals surface area contributed by atoms with Crippen LogP contribution in [0, 0.1) is 6.92 Å². The van der Waals surface area contributed by atoms with Crippen LogP contribution in [0.25, 0.3) is 5.69 Å². The number of benzene rings is 2. The molecule has 0 spiro atoms. The number of rotatable bonds is 6. The van der Waals surface area contributed by atoms with Crippen LogP contribution < -0.4 is 11.0 Å². The molecule has 3 aromatic rings. The Hall–Kier alpha value is -3.66. The van der Waals surface area contributed by atoms with E-state index < -0.39 is 28.3 Å². The number of nitrogens with zero attached hydrogens (tertiary/aromatic N) is 1. The minimum Gasteiger partial charge on any atom is -0.452 e. The number of hydrogen-bond acceptors (Lipinski definition) is 6. The summed E-state index contributed by atoms with van der Waals surface area (Å²) in [7, 11) is -3.33. The summed E-state index contributed by atoms with van der Waals surface area (Å²) in [6.45, 7) is 1.26. The third-order valence-corrected chi connectivity index (χ3v) is 5.35. The lowest BCUT2D eigenvalue weighted by Crippen LogP contribution is -2.21. The van der Waals surface area contributed by atoms with Crippen molar-refractivity contribution in [3.8, 4) is 5.69 Å². The highest BCUT2D eigenvalue weighted by atomic mass is 32.2. The zero-order chi connectivity index (χ0) is 21.9. The van der Waals surface area contributed by atoms with Gasteiger partial charge in [-0.3, -0.25) is 9.36 Å². The topological polar surface area (TPSA) is 127 Å². The van der Waals surface area contributed by atoms with E-state index in [-0.39, 0.29) is 16.1 Å². The van der Waals surface area contributed by atoms with Gasteiger partial charge in [0.25, 0.3) is 5.91 Å². The summed E-state index contributed by atoms with van der Waals surface area (Å²) in [6.07, 6.45) is 2.67. The van der Waals surface area contributed by atoms with Crippen LogP contribution in [-0.4, -0.2) is 42.7 Å². The molecule has 0 aliphatic heterocycles. The number of nitrogens with one attached hydrogen (secondary N) is 2. The second-order valence-corrected chi connectivity index (χ2v) is 8.55. The Labute approximate surface area is 172 Å². The molecule has 1 amide bonds. The van der Waals surface area contributed by atoms with Crippen molar-refractivity contribution in [1.29, 1.82) is 0 Å². The van der Waals surface area contributed by atoms with Crippen molar-refractivity contribution in [2.24, 2.45) is 0 Å². The van der Waals surface area contributed by atoms with Crippen LogP contribution in [0.5, 0.6) is 0 Å². The number of aromatic nitrogens is 2. The minimum absolute atomic E-state index is 0.132. The van der Waals surface area contributed by atoms with Gasteiger partial charge in [0.05, 0.1) is 16.1 Å². The number of sulfone groups is 1. The normalized spacial score (nSPS) is 11.1. The van der Waals surface area contributed by atoms with Crippen LogP contribution in [-0.2, 0) is 19.4 Å². The van der Waals surface area contributed by atoms with Gasteiger partial charge >= 0.3 is 11.7 Å². The zero-order valence-corrected chi connectivity index (χ0v) is 17.0. The fourth-order valence-electron chi connectivity index (χ4n) is 2.72. The molecule has 0 saturated carbocycles. The molecule has 3 rings (SSSR count). The first kappa shape index (κ1) is 21.1. The molecule has 0 aliphatic rings. The Bertz CT molecular complexity index is 1240. The fourth-order valence-corrected chi connectivity index (χ4v) is 3.35. The molecule has 2 N–H and O–H groups in total. The number of esters is 1. The van der Waals surface area contributed by atoms with E-state index in [2.05, 4.69) is 10.3 Å². The average molecular weight is 429 g/mol. The van der Waals surface area contributed by atoms with E-state index in [1.54, 1.807) is 25.3 Å². The average Bonchev–Trinajstić information content (AvgIpc) is 3.04. The van der Waals surface area contributed by atoms with E-state index in [4.69, 9.17) is 4.74 Å². The molecule has 0 atom stereocenters. The van der Waals surface area contributed by atoms with Crippen molar-refractivity contribution in [3.63, 3.8) is 0 Å². The summed E-state index contributed by atoms with van der Waals surface area (Å²) >= 11 is 0. The molecule has 10 heteroatoms. The van der Waals surface area contributed by atoms with Crippen LogP contribution in [0.3, 0.4) is 0 Å². The van der Waals surface area contributed by atoms with Crippen LogP contribution in [0.15, 0.2) is 64.4 Å². The van der Waals surface area contributed by atoms with Crippen LogP contribution >= 0.6 is 0 Å². The Balaban J connectivity index is 1.57. The van der Waals surface area contributed by atoms with E-state index in [0.29, 0.717) is 11.4 Å². The highest BCUT2D eigenvalue weighted by Gasteiger charge is 2.12. The van der Waals surface area contributed by atoms with Gasteiger partial charge in [-0.1, -0.05) is 0 Å². The number of carbonyl (C=O) groups excluding carboxylic acids is 2. The molecule has 1 aromatic heterocycles. The van der Waals surface area contributed by atoms with Crippen molar-refractivity contribution in [2.45, 2.75) is 11.8 Å². The second-order valence-electron chi connectivity index (χ2n) is 6.54. The SMILES string of the molecule is Cc1c[nH]c(=O)n1-c1ccc(C(=O)OCC(=O)Nc2ccc(S(C)(=O)=O)cc2)cc1. The molecule has 0 aliphatic carbocycles. The summed E-state index contributed by atoms with van der Waals surface area (Å²) in [5.74, 6) is -1.26. The number of amides is 1. The standard InChI is InChI=1S/C20H19N3O6S/c1-13-11-21-20(26)23(13)16-7-3-14(4-8-16)19(25)29-12-18(24)22-15-5-9-17(10-6-15)30(2,27)28/h3-11H,12H2,1-2H3,(H,21,26)(H,22,24). The number of hydrogen-bond donors (Lipinski definition) is 2. The highest BCUT2D eigenvalue weighted by Crippen LogP contribution is 2.14. The number of anilines is 1. The number of aromatic amines is 1. The van der Waals surface area contributed by atoms with Crippen LogP contribution in [0.1, 0.15) is 16.1 Å². The summed E-state index contributed by atoms with van der Waals surface area (Å²) in [5.41, 5.74) is 1.62. The molecule has 0 saturated heterocycles. The van der Waals surface area contributed by atoms with Crippen molar-refractivity contribution >= 4 is 27.4 Å². The van der Waals surface area contributed by atoms with Gasteiger partial charge in [-0.15, -0.1) is 0 Å². The lowest BCUT2D eigenvalue weighted by molar-refractivity contribution is -0.119. The van der Waals surface area contributed by atoms with Gasteiger partial charge in [-0.25, -0.2) is 18.0 Å². The maximum absolute atomic E-state index is 12.1. The Kier molecular flexibility index (Phi) is 5.88. The summed E-state index contributed by atoms with van der Waals surface area (Å²) in [4.78, 5) is 38.6. The Morgan fingerprint density at radius 3 is 2.23 bits per heavy atom. The monoisotopic (exact) mass is 429 g/mol. The van der Waals surface area contributed by atoms with Crippen molar-refractivity contribution < 1.29 is 22.7 Å². The first-order chi connectivity index (χ1) is 14.1. The summed E-state index contributed by atoms with van der Waals surface area (Å²) in [6, 6.07) is 11.8. The molecular weight excluding hydrogens is 410 g/mol. The van der Waals surface area contributed by atoms with E-state index in [1.165, 1.54) is 41.0 Å². The van der Waals surface area contributed by atoms with Gasteiger partial charge in [0.15, 0.2) is 16.4 Å². The van der Waals surface area contributed by atoms with Gasteiger partial charge in [-0.05, 0) is 55.5 Å². The third kappa shape index (κ3) is 4.84. The van der Waals surface area contributed by atoms with Gasteiger partial charge < -0.3 is 15.0 Å². The highest BCUT2D eigenvalue weighted by molar-refractivity contribution is 7.90. The molecular formula is C20H19N3O6S. The maximum Gasteiger partial charge on any atom is 0.338 e. The first-order valence-corrected chi connectivity index (χ1v) is 10.7. The third-order valence-electron chi connectivity index (χ3n) is 4.22. The first-order valence-electron chi connectivity index (χ1n) is 8.80. The minimum atomic E-state index is -3.33. The lowest BCUT2D eigenvalue weighted by Gasteiger charge is -2.08. The number of H-pyrrole nitrogens is 1. The number of ether oxygens (including phenoxy) is 1. The predicted octanol–water partition coefficient (Wildman–Crippen LogP) is 1.67. The van der Waals surface area contributed by atoms with Crippen molar-refractivity contribution in [2.75, 3.05) is 18.2 Å².